The van der Waals surface area contributed by atoms with Crippen molar-refractivity contribution in [1.82, 2.24) is 9.97 Å². The molecule has 0 bridgehead atoms. The fraction of sp³-hybridized carbons (Fsp3) is 0.300. The normalized spacial score (nSPS) is 10.7. The third kappa shape index (κ3) is 6.78. The number of hydrogen-bond donors (Lipinski definition) is 2. The molecule has 1 aromatic heterocycles. The van der Waals surface area contributed by atoms with Gasteiger partial charge in [-0.15, -0.1) is 0 Å². The van der Waals surface area contributed by atoms with E-state index in [9.17, 15) is 18.0 Å². The van der Waals surface area contributed by atoms with Crippen molar-refractivity contribution in [2.75, 3.05) is 23.3 Å². The van der Waals surface area contributed by atoms with Crippen LogP contribution in [0.1, 0.15) is 25.2 Å². The molecule has 2 N–H and O–H groups in total. The Bertz CT molecular complexity index is 1040. The average Bonchev–Trinajstić information content (AvgIpc) is 2.68. The molecule has 2 aromatic rings. The topological polar surface area (TPSA) is 137 Å². The lowest BCUT2D eigenvalue weighted by molar-refractivity contribution is -0.146. The van der Waals surface area contributed by atoms with Gasteiger partial charge in [-0.3, -0.25) is 0 Å². The minimum absolute atomic E-state index is 0.0132. The first-order valence-corrected chi connectivity index (χ1v) is 10.9. The zero-order chi connectivity index (χ0) is 23.0. The molecule has 1 heterocycles. The van der Waals surface area contributed by atoms with Gasteiger partial charge in [0, 0.05) is 23.3 Å². The number of aryl methyl sites for hydroxylation is 2. The Balaban J connectivity index is 2.18. The SMILES string of the molecule is CCOC(=O)C(=CNc1ccc(S(=O)(=O)Nc2nc(C)cc(C)n2)cc1)C(=O)OCC. The molecule has 0 aliphatic carbocycles. The van der Waals surface area contributed by atoms with Crippen molar-refractivity contribution in [3.8, 4) is 0 Å². The Morgan fingerprint density at radius 2 is 1.48 bits per heavy atom. The van der Waals surface area contributed by atoms with Gasteiger partial charge in [0.05, 0.1) is 18.1 Å². The van der Waals surface area contributed by atoms with E-state index in [2.05, 4.69) is 20.0 Å². The highest BCUT2D eigenvalue weighted by atomic mass is 32.2. The van der Waals surface area contributed by atoms with Crippen molar-refractivity contribution in [2.45, 2.75) is 32.6 Å². The van der Waals surface area contributed by atoms with Crippen LogP contribution in [-0.4, -0.2) is 43.5 Å². The molecule has 0 saturated heterocycles. The summed E-state index contributed by atoms with van der Waals surface area (Å²) in [5, 5.41) is 2.76. The van der Waals surface area contributed by atoms with E-state index in [0.29, 0.717) is 17.1 Å². The number of aromatic nitrogens is 2. The highest BCUT2D eigenvalue weighted by Gasteiger charge is 2.21. The van der Waals surface area contributed by atoms with Crippen LogP contribution in [-0.2, 0) is 29.1 Å². The Morgan fingerprint density at radius 3 is 1.97 bits per heavy atom. The largest absolute Gasteiger partial charge is 0.462 e. The minimum Gasteiger partial charge on any atom is -0.462 e. The number of rotatable bonds is 9. The number of nitrogens with one attached hydrogen (secondary N) is 2. The number of carbonyl (C=O) groups is 2. The van der Waals surface area contributed by atoms with E-state index in [1.165, 1.54) is 24.3 Å². The first-order chi connectivity index (χ1) is 14.7. The summed E-state index contributed by atoms with van der Waals surface area (Å²) in [6, 6.07) is 7.39. The Hall–Kier alpha value is -3.47. The fourth-order valence-electron chi connectivity index (χ4n) is 2.46. The lowest BCUT2D eigenvalue weighted by Gasteiger charge is -2.10. The van der Waals surface area contributed by atoms with Gasteiger partial charge < -0.3 is 14.8 Å². The van der Waals surface area contributed by atoms with Crippen molar-refractivity contribution in [3.05, 3.63) is 53.5 Å². The zero-order valence-corrected chi connectivity index (χ0v) is 18.4. The lowest BCUT2D eigenvalue weighted by Crippen LogP contribution is -2.19. The molecule has 166 valence electrons. The number of sulfonamides is 1. The van der Waals surface area contributed by atoms with Crippen LogP contribution in [0.3, 0.4) is 0 Å². The van der Waals surface area contributed by atoms with E-state index in [1.54, 1.807) is 33.8 Å². The lowest BCUT2D eigenvalue weighted by atomic mass is 10.2. The predicted molar refractivity (Wildman–Crippen MR) is 114 cm³/mol. The number of nitrogens with zero attached hydrogens (tertiary/aromatic N) is 2. The monoisotopic (exact) mass is 448 g/mol. The maximum absolute atomic E-state index is 12.6. The molecule has 0 aliphatic rings. The Labute approximate surface area is 180 Å². The van der Waals surface area contributed by atoms with Crippen LogP contribution in [0.2, 0.25) is 0 Å². The van der Waals surface area contributed by atoms with Crippen LogP contribution in [0, 0.1) is 13.8 Å². The second kappa shape index (κ2) is 10.5. The van der Waals surface area contributed by atoms with Gasteiger partial charge in [-0.1, -0.05) is 0 Å². The second-order valence-electron chi connectivity index (χ2n) is 6.25. The van der Waals surface area contributed by atoms with Crippen LogP contribution < -0.4 is 10.0 Å². The van der Waals surface area contributed by atoms with Crippen molar-refractivity contribution in [2.24, 2.45) is 0 Å². The Morgan fingerprint density at radius 1 is 0.968 bits per heavy atom. The molecular formula is C20H24N4O6S. The molecule has 0 spiro atoms. The Kier molecular flexibility index (Phi) is 8.08. The van der Waals surface area contributed by atoms with Gasteiger partial charge >= 0.3 is 11.9 Å². The van der Waals surface area contributed by atoms with Crippen molar-refractivity contribution in [3.63, 3.8) is 0 Å². The van der Waals surface area contributed by atoms with Gasteiger partial charge in [0.1, 0.15) is 0 Å². The molecule has 0 radical (unpaired) electrons. The van der Waals surface area contributed by atoms with Crippen LogP contribution in [0.25, 0.3) is 0 Å². The van der Waals surface area contributed by atoms with Crippen molar-refractivity contribution < 1.29 is 27.5 Å². The molecular weight excluding hydrogens is 424 g/mol. The van der Waals surface area contributed by atoms with E-state index >= 15 is 0 Å². The molecule has 0 aliphatic heterocycles. The highest BCUT2D eigenvalue weighted by molar-refractivity contribution is 7.92. The molecule has 0 atom stereocenters. The zero-order valence-electron chi connectivity index (χ0n) is 17.6. The van der Waals surface area contributed by atoms with Gasteiger partial charge in [-0.2, -0.15) is 0 Å². The molecule has 2 rings (SSSR count). The van der Waals surface area contributed by atoms with Gasteiger partial charge in [0.25, 0.3) is 10.0 Å². The molecule has 1 aromatic carbocycles. The number of hydrogen-bond acceptors (Lipinski definition) is 9. The summed E-state index contributed by atoms with van der Waals surface area (Å²) in [5.74, 6) is -1.67. The molecule has 0 saturated carbocycles. The first kappa shape index (κ1) is 23.8. The van der Waals surface area contributed by atoms with Crippen LogP contribution >= 0.6 is 0 Å². The summed E-state index contributed by atoms with van der Waals surface area (Å²) >= 11 is 0. The summed E-state index contributed by atoms with van der Waals surface area (Å²) in [4.78, 5) is 32.0. The number of ether oxygens (including phenoxy) is 2. The maximum Gasteiger partial charge on any atom is 0.347 e. The number of anilines is 2. The average molecular weight is 449 g/mol. The summed E-state index contributed by atoms with van der Waals surface area (Å²) in [7, 11) is -3.90. The predicted octanol–water partition coefficient (Wildman–Crippen LogP) is 2.32. The van der Waals surface area contributed by atoms with Gasteiger partial charge in [0.15, 0.2) is 5.57 Å². The van der Waals surface area contributed by atoms with Crippen molar-refractivity contribution >= 4 is 33.6 Å². The summed E-state index contributed by atoms with van der Waals surface area (Å²) in [6.45, 7) is 6.90. The van der Waals surface area contributed by atoms with Crippen LogP contribution in [0.5, 0.6) is 0 Å². The summed E-state index contributed by atoms with van der Waals surface area (Å²) in [6.07, 6.45) is 1.15. The maximum atomic E-state index is 12.6. The third-order valence-electron chi connectivity index (χ3n) is 3.75. The fourth-order valence-corrected chi connectivity index (χ4v) is 3.40. The first-order valence-electron chi connectivity index (χ1n) is 9.42. The third-order valence-corrected chi connectivity index (χ3v) is 5.09. The smallest absolute Gasteiger partial charge is 0.347 e. The van der Waals surface area contributed by atoms with Gasteiger partial charge in [-0.05, 0) is 58.0 Å². The summed E-state index contributed by atoms with van der Waals surface area (Å²) < 4.78 is 37.2. The quantitative estimate of drug-likeness (QED) is 0.256. The number of benzene rings is 1. The van der Waals surface area contributed by atoms with Crippen molar-refractivity contribution in [1.29, 1.82) is 0 Å². The molecule has 0 fully saturated rings. The van der Waals surface area contributed by atoms with Crippen LogP contribution in [0.15, 0.2) is 47.0 Å². The van der Waals surface area contributed by atoms with E-state index < -0.39 is 22.0 Å². The van der Waals surface area contributed by atoms with E-state index in [1.807, 2.05) is 0 Å². The van der Waals surface area contributed by atoms with E-state index in [4.69, 9.17) is 9.47 Å². The number of carbonyl (C=O) groups excluding carboxylic acids is 2. The molecule has 0 amide bonds. The molecule has 11 heteroatoms. The summed E-state index contributed by atoms with van der Waals surface area (Å²) in [5.41, 5.74) is 1.40. The van der Waals surface area contributed by atoms with Gasteiger partial charge in [-0.25, -0.2) is 32.7 Å². The molecule has 31 heavy (non-hydrogen) atoms. The van der Waals surface area contributed by atoms with Gasteiger partial charge in [0.2, 0.25) is 5.95 Å². The molecule has 10 nitrogen and oxygen atoms in total. The van der Waals surface area contributed by atoms with E-state index in [0.717, 1.165) is 6.20 Å². The number of esters is 2. The van der Waals surface area contributed by atoms with E-state index in [-0.39, 0.29) is 29.6 Å². The highest BCUT2D eigenvalue weighted by Crippen LogP contribution is 2.17. The standard InChI is InChI=1S/C20H24N4O6S/c1-5-29-18(25)17(19(26)30-6-2)12-21-15-7-9-16(10-8-15)31(27,28)24-20-22-13(3)11-14(4)23-20/h7-12,21H,5-6H2,1-4H3,(H,22,23,24). The minimum atomic E-state index is -3.90. The second-order valence-corrected chi connectivity index (χ2v) is 7.93. The molecule has 0 unspecified atom stereocenters. The van der Waals surface area contributed by atoms with Crippen LogP contribution in [0.4, 0.5) is 11.6 Å².